The molecule has 4 nitrogen and oxygen atoms in total. The van der Waals surface area contributed by atoms with E-state index in [4.69, 9.17) is 0 Å². The maximum Gasteiger partial charge on any atom is 0.175 e. The first-order valence-corrected chi connectivity index (χ1v) is 6.84. The molecule has 0 aliphatic rings. The molecule has 0 N–H and O–H groups in total. The van der Waals surface area contributed by atoms with Gasteiger partial charge in [0.25, 0.3) is 0 Å². The van der Waals surface area contributed by atoms with Gasteiger partial charge < -0.3 is 4.57 Å². The average molecular weight is 249 g/mol. The Kier molecular flexibility index (Phi) is 2.85. The maximum atomic E-state index is 11.3. The van der Waals surface area contributed by atoms with Crippen LogP contribution in [0, 0.1) is 0 Å². The van der Waals surface area contributed by atoms with Gasteiger partial charge in [0.15, 0.2) is 16.1 Å². The lowest BCUT2D eigenvalue weighted by atomic mass is 10.3. The zero-order chi connectivity index (χ0) is 12.5. The number of sulfone groups is 1. The van der Waals surface area contributed by atoms with E-state index in [9.17, 15) is 13.2 Å². The molecule has 88 valence electrons. The second kappa shape index (κ2) is 4.18. The van der Waals surface area contributed by atoms with Crippen LogP contribution < -0.4 is 0 Å². The number of carbonyl (C=O) groups excluding carboxylic acids is 1. The number of benzene rings is 1. The van der Waals surface area contributed by atoms with Crippen LogP contribution >= 0.6 is 0 Å². The molecule has 17 heavy (non-hydrogen) atoms. The van der Waals surface area contributed by atoms with E-state index < -0.39 is 9.84 Å². The Morgan fingerprint density at radius 1 is 1.12 bits per heavy atom. The Balaban J connectivity index is 2.46. The quantitative estimate of drug-likeness (QED) is 0.778. The van der Waals surface area contributed by atoms with E-state index in [0.717, 1.165) is 18.2 Å². The number of aromatic nitrogens is 1. The van der Waals surface area contributed by atoms with E-state index >= 15 is 0 Å². The largest absolute Gasteiger partial charge is 0.314 e. The van der Waals surface area contributed by atoms with Gasteiger partial charge in [0.2, 0.25) is 0 Å². The molecule has 2 rings (SSSR count). The lowest BCUT2D eigenvalue weighted by Crippen LogP contribution is -2.00. The number of hydrogen-bond acceptors (Lipinski definition) is 3. The summed E-state index contributed by atoms with van der Waals surface area (Å²) in [7, 11) is -3.18. The van der Waals surface area contributed by atoms with Crippen LogP contribution in [0.5, 0.6) is 0 Å². The van der Waals surface area contributed by atoms with Gasteiger partial charge in [-0.1, -0.05) is 0 Å². The zero-order valence-electron chi connectivity index (χ0n) is 9.20. The van der Waals surface area contributed by atoms with E-state index in [1.807, 2.05) is 0 Å². The standard InChI is InChI=1S/C12H11NO3S/c1-17(15,16)12-6-4-10(5-7-12)13-8-2-3-11(13)9-14/h2-9H,1H3. The normalized spacial score (nSPS) is 11.4. The molecule has 2 aromatic rings. The molecular formula is C12H11NO3S. The van der Waals surface area contributed by atoms with Crippen molar-refractivity contribution in [2.24, 2.45) is 0 Å². The summed E-state index contributed by atoms with van der Waals surface area (Å²) in [6, 6.07) is 9.84. The second-order valence-corrected chi connectivity index (χ2v) is 5.70. The first-order valence-electron chi connectivity index (χ1n) is 4.95. The molecule has 0 unspecified atom stereocenters. The molecule has 0 amide bonds. The summed E-state index contributed by atoms with van der Waals surface area (Å²) in [5, 5.41) is 0. The van der Waals surface area contributed by atoms with Crippen molar-refractivity contribution in [3.63, 3.8) is 0 Å². The van der Waals surface area contributed by atoms with Gasteiger partial charge in [0, 0.05) is 18.1 Å². The van der Waals surface area contributed by atoms with Gasteiger partial charge in [-0.05, 0) is 36.4 Å². The fourth-order valence-electron chi connectivity index (χ4n) is 1.58. The zero-order valence-corrected chi connectivity index (χ0v) is 10.0. The van der Waals surface area contributed by atoms with Crippen LogP contribution in [-0.4, -0.2) is 25.5 Å². The molecule has 0 saturated heterocycles. The third kappa shape index (κ3) is 2.29. The highest BCUT2D eigenvalue weighted by molar-refractivity contribution is 7.90. The summed E-state index contributed by atoms with van der Waals surface area (Å²) in [4.78, 5) is 11.0. The lowest BCUT2D eigenvalue weighted by Gasteiger charge is -2.06. The van der Waals surface area contributed by atoms with E-state index in [2.05, 4.69) is 0 Å². The SMILES string of the molecule is CS(=O)(=O)c1ccc(-n2cccc2C=O)cc1. The van der Waals surface area contributed by atoms with Gasteiger partial charge in [-0.15, -0.1) is 0 Å². The second-order valence-electron chi connectivity index (χ2n) is 3.69. The van der Waals surface area contributed by atoms with E-state index in [1.54, 1.807) is 35.0 Å². The molecule has 5 heteroatoms. The Morgan fingerprint density at radius 2 is 1.76 bits per heavy atom. The molecule has 1 aromatic heterocycles. The highest BCUT2D eigenvalue weighted by atomic mass is 32.2. The first kappa shape index (κ1) is 11.6. The van der Waals surface area contributed by atoms with E-state index in [-0.39, 0.29) is 4.90 Å². The van der Waals surface area contributed by atoms with Crippen LogP contribution in [0.2, 0.25) is 0 Å². The van der Waals surface area contributed by atoms with E-state index in [0.29, 0.717) is 5.69 Å². The molecule has 0 fully saturated rings. The molecule has 0 aliphatic carbocycles. The summed E-state index contributed by atoms with van der Waals surface area (Å²) >= 11 is 0. The van der Waals surface area contributed by atoms with Gasteiger partial charge in [0.05, 0.1) is 10.6 Å². The molecular weight excluding hydrogens is 238 g/mol. The number of nitrogens with zero attached hydrogens (tertiary/aromatic N) is 1. The van der Waals surface area contributed by atoms with Crippen molar-refractivity contribution in [2.75, 3.05) is 6.26 Å². The summed E-state index contributed by atoms with van der Waals surface area (Å²) in [6.45, 7) is 0. The van der Waals surface area contributed by atoms with Gasteiger partial charge in [0.1, 0.15) is 0 Å². The Hall–Kier alpha value is -1.88. The van der Waals surface area contributed by atoms with Gasteiger partial charge in [-0.3, -0.25) is 4.79 Å². The minimum Gasteiger partial charge on any atom is -0.314 e. The third-order valence-corrected chi connectivity index (χ3v) is 3.57. The summed E-state index contributed by atoms with van der Waals surface area (Å²) < 4.78 is 24.3. The minimum atomic E-state index is -3.18. The van der Waals surface area contributed by atoms with Crippen molar-refractivity contribution in [3.8, 4) is 5.69 Å². The van der Waals surface area contributed by atoms with Gasteiger partial charge in [-0.2, -0.15) is 0 Å². The monoisotopic (exact) mass is 249 g/mol. The fourth-order valence-corrected chi connectivity index (χ4v) is 2.21. The van der Waals surface area contributed by atoms with Crippen molar-refractivity contribution in [2.45, 2.75) is 4.90 Å². The van der Waals surface area contributed by atoms with Crippen molar-refractivity contribution in [3.05, 3.63) is 48.3 Å². The molecule has 0 radical (unpaired) electrons. The average Bonchev–Trinajstić information content (AvgIpc) is 2.76. The third-order valence-electron chi connectivity index (χ3n) is 2.44. The minimum absolute atomic E-state index is 0.265. The van der Waals surface area contributed by atoms with Crippen LogP contribution in [0.15, 0.2) is 47.5 Å². The highest BCUT2D eigenvalue weighted by Gasteiger charge is 2.07. The molecule has 0 spiro atoms. The Bertz CT molecular complexity index is 639. The van der Waals surface area contributed by atoms with Crippen LogP contribution in [-0.2, 0) is 9.84 Å². The molecule has 0 bridgehead atoms. The molecule has 0 saturated carbocycles. The number of hydrogen-bond donors (Lipinski definition) is 0. The number of carbonyl (C=O) groups is 1. The topological polar surface area (TPSA) is 56.1 Å². The van der Waals surface area contributed by atoms with Crippen LogP contribution in [0.4, 0.5) is 0 Å². The molecule has 0 atom stereocenters. The van der Waals surface area contributed by atoms with E-state index in [1.165, 1.54) is 12.1 Å². The van der Waals surface area contributed by atoms with Crippen LogP contribution in [0.1, 0.15) is 10.5 Å². The molecule has 1 aromatic carbocycles. The molecule has 1 heterocycles. The number of rotatable bonds is 3. The van der Waals surface area contributed by atoms with Gasteiger partial charge in [-0.25, -0.2) is 8.42 Å². The van der Waals surface area contributed by atoms with Crippen molar-refractivity contribution >= 4 is 16.1 Å². The van der Waals surface area contributed by atoms with Crippen molar-refractivity contribution in [1.82, 2.24) is 4.57 Å². The summed E-state index contributed by atoms with van der Waals surface area (Å²) in [5.74, 6) is 0. The Labute approximate surface area is 99.4 Å². The summed E-state index contributed by atoms with van der Waals surface area (Å²) in [5.41, 5.74) is 1.28. The van der Waals surface area contributed by atoms with Crippen molar-refractivity contribution in [1.29, 1.82) is 0 Å². The Morgan fingerprint density at radius 3 is 2.29 bits per heavy atom. The predicted molar refractivity (Wildman–Crippen MR) is 64.3 cm³/mol. The maximum absolute atomic E-state index is 11.3. The lowest BCUT2D eigenvalue weighted by molar-refractivity contribution is 0.111. The summed E-state index contributed by atoms with van der Waals surface area (Å²) in [6.07, 6.45) is 3.66. The first-order chi connectivity index (χ1) is 8.02. The van der Waals surface area contributed by atoms with Crippen LogP contribution in [0.25, 0.3) is 5.69 Å². The highest BCUT2D eigenvalue weighted by Crippen LogP contribution is 2.15. The predicted octanol–water partition coefficient (Wildman–Crippen LogP) is 1.69. The van der Waals surface area contributed by atoms with Gasteiger partial charge >= 0.3 is 0 Å². The van der Waals surface area contributed by atoms with Crippen LogP contribution in [0.3, 0.4) is 0 Å². The molecule has 0 aliphatic heterocycles. The smallest absolute Gasteiger partial charge is 0.175 e. The van der Waals surface area contributed by atoms with Crippen molar-refractivity contribution < 1.29 is 13.2 Å². The number of aldehydes is 1. The fraction of sp³-hybridized carbons (Fsp3) is 0.0833.